The van der Waals surface area contributed by atoms with E-state index < -0.39 is 0 Å². The summed E-state index contributed by atoms with van der Waals surface area (Å²) in [5, 5.41) is 25.9. The van der Waals surface area contributed by atoms with Crippen molar-refractivity contribution in [2.45, 2.75) is 19.0 Å². The molecule has 2 unspecified atom stereocenters. The van der Waals surface area contributed by atoms with Gasteiger partial charge in [0, 0.05) is 57.4 Å². The van der Waals surface area contributed by atoms with Crippen molar-refractivity contribution in [3.8, 4) is 17.0 Å². The minimum absolute atomic E-state index is 0.206. The molecule has 3 N–H and O–H groups in total. The van der Waals surface area contributed by atoms with E-state index in [0.717, 1.165) is 69.0 Å². The fraction of sp³-hybridized carbons (Fsp3) is 0.417. The highest BCUT2D eigenvalue weighted by Gasteiger charge is 2.34. The van der Waals surface area contributed by atoms with Crippen LogP contribution in [0.1, 0.15) is 6.92 Å². The number of para-hydroxylation sites is 1. The number of hydrogen-bond donors (Lipinski definition) is 3. The molecular formula is C24H29N9O. The molecule has 6 rings (SSSR count). The van der Waals surface area contributed by atoms with Crippen molar-refractivity contribution in [2.75, 3.05) is 65.8 Å². The summed E-state index contributed by atoms with van der Waals surface area (Å²) in [7, 11) is 0. The van der Waals surface area contributed by atoms with Crippen molar-refractivity contribution in [3.63, 3.8) is 0 Å². The van der Waals surface area contributed by atoms with Crippen LogP contribution in [0, 0.1) is 0 Å². The van der Waals surface area contributed by atoms with Gasteiger partial charge in [-0.1, -0.05) is 12.1 Å². The summed E-state index contributed by atoms with van der Waals surface area (Å²) in [5.74, 6) is 1.77. The number of aromatic nitrogens is 4. The molecule has 0 aliphatic carbocycles. The van der Waals surface area contributed by atoms with Crippen molar-refractivity contribution in [3.05, 3.63) is 42.7 Å². The van der Waals surface area contributed by atoms with Gasteiger partial charge in [0.25, 0.3) is 0 Å². The molecule has 34 heavy (non-hydrogen) atoms. The standard InChI is InChI=1S/C24H29N9O/c1-16-14-31(7-6-25-16)17-11-27-24(28-12-17)32-8-9-33-18(15-32)13-26-23-21(33)10-20(29-30-23)19-4-2-3-5-22(19)34/h2-5,10-12,16,18,25,34H,6-9,13-15H2,1H3,(H,26,30). The second-order valence-corrected chi connectivity index (χ2v) is 9.20. The molecule has 2 aromatic heterocycles. The van der Waals surface area contributed by atoms with E-state index >= 15 is 0 Å². The van der Waals surface area contributed by atoms with Crippen molar-refractivity contribution in [1.82, 2.24) is 25.5 Å². The number of hydrogen-bond acceptors (Lipinski definition) is 10. The van der Waals surface area contributed by atoms with Gasteiger partial charge in [-0.15, -0.1) is 10.2 Å². The maximum atomic E-state index is 10.3. The summed E-state index contributed by atoms with van der Waals surface area (Å²) in [5.41, 5.74) is 3.46. The van der Waals surface area contributed by atoms with Gasteiger partial charge in [0.15, 0.2) is 5.82 Å². The van der Waals surface area contributed by atoms with E-state index in [2.05, 4.69) is 42.5 Å². The predicted molar refractivity (Wildman–Crippen MR) is 133 cm³/mol. The third-order valence-corrected chi connectivity index (χ3v) is 6.89. The largest absolute Gasteiger partial charge is 0.507 e. The van der Waals surface area contributed by atoms with E-state index in [4.69, 9.17) is 9.97 Å². The summed E-state index contributed by atoms with van der Waals surface area (Å²) >= 11 is 0. The number of anilines is 4. The van der Waals surface area contributed by atoms with Gasteiger partial charge in [-0.3, -0.25) is 0 Å². The van der Waals surface area contributed by atoms with E-state index in [-0.39, 0.29) is 11.8 Å². The lowest BCUT2D eigenvalue weighted by Crippen LogP contribution is -2.58. The monoisotopic (exact) mass is 459 g/mol. The zero-order valence-electron chi connectivity index (χ0n) is 19.2. The highest BCUT2D eigenvalue weighted by molar-refractivity contribution is 5.76. The van der Waals surface area contributed by atoms with Crippen LogP contribution >= 0.6 is 0 Å². The number of aromatic hydroxyl groups is 1. The minimum Gasteiger partial charge on any atom is -0.507 e. The minimum atomic E-state index is 0.206. The maximum Gasteiger partial charge on any atom is 0.225 e. The number of rotatable bonds is 3. The second-order valence-electron chi connectivity index (χ2n) is 9.20. The Labute approximate surface area is 198 Å². The van der Waals surface area contributed by atoms with Crippen LogP contribution in [0.4, 0.5) is 23.1 Å². The molecule has 3 aliphatic heterocycles. The Morgan fingerprint density at radius 2 is 1.85 bits per heavy atom. The van der Waals surface area contributed by atoms with Crippen molar-refractivity contribution in [2.24, 2.45) is 0 Å². The van der Waals surface area contributed by atoms with Gasteiger partial charge in [0.05, 0.1) is 35.5 Å². The fourth-order valence-corrected chi connectivity index (χ4v) is 5.10. The predicted octanol–water partition coefficient (Wildman–Crippen LogP) is 1.56. The summed E-state index contributed by atoms with van der Waals surface area (Å²) in [4.78, 5) is 16.4. The van der Waals surface area contributed by atoms with Crippen molar-refractivity contribution >= 4 is 23.1 Å². The topological polar surface area (TPSA) is 106 Å². The number of phenolic OH excluding ortho intramolecular Hbond substituents is 1. The SMILES string of the molecule is CC1CN(c2cnc(N3CCN4c5cc(-c6ccccc6O)nnc5NCC4C3)nc2)CCN1. The molecule has 0 bridgehead atoms. The number of nitrogens with one attached hydrogen (secondary N) is 2. The lowest BCUT2D eigenvalue weighted by molar-refractivity contribution is 0.477. The molecule has 176 valence electrons. The number of fused-ring (bicyclic) bond motifs is 3. The molecule has 5 heterocycles. The Morgan fingerprint density at radius 1 is 1.00 bits per heavy atom. The third kappa shape index (κ3) is 3.83. The molecule has 0 spiro atoms. The van der Waals surface area contributed by atoms with Crippen LogP contribution in [-0.2, 0) is 0 Å². The van der Waals surface area contributed by atoms with Crippen LogP contribution in [0.25, 0.3) is 11.3 Å². The molecule has 2 atom stereocenters. The second kappa shape index (κ2) is 8.60. The van der Waals surface area contributed by atoms with E-state index in [1.54, 1.807) is 12.1 Å². The molecular weight excluding hydrogens is 430 g/mol. The molecule has 2 saturated heterocycles. The Hall–Kier alpha value is -3.66. The Bertz CT molecular complexity index is 1170. The van der Waals surface area contributed by atoms with Crippen LogP contribution in [0.2, 0.25) is 0 Å². The van der Waals surface area contributed by atoms with Gasteiger partial charge in [0.2, 0.25) is 5.95 Å². The molecule has 0 saturated carbocycles. The van der Waals surface area contributed by atoms with E-state index in [9.17, 15) is 5.11 Å². The summed E-state index contributed by atoms with van der Waals surface area (Å²) in [6, 6.07) is 9.99. The zero-order chi connectivity index (χ0) is 23.1. The molecule has 1 aromatic carbocycles. The number of phenols is 1. The van der Waals surface area contributed by atoms with Gasteiger partial charge in [-0.05, 0) is 25.1 Å². The smallest absolute Gasteiger partial charge is 0.225 e. The first-order chi connectivity index (χ1) is 16.7. The van der Waals surface area contributed by atoms with Gasteiger partial charge in [-0.2, -0.15) is 0 Å². The lowest BCUT2D eigenvalue weighted by Gasteiger charge is -2.45. The van der Waals surface area contributed by atoms with Crippen LogP contribution in [0.5, 0.6) is 5.75 Å². The molecule has 3 aliphatic rings. The third-order valence-electron chi connectivity index (χ3n) is 6.89. The van der Waals surface area contributed by atoms with Crippen molar-refractivity contribution < 1.29 is 5.11 Å². The molecule has 2 fully saturated rings. The van der Waals surface area contributed by atoms with E-state index in [1.807, 2.05) is 30.6 Å². The molecule has 3 aromatic rings. The van der Waals surface area contributed by atoms with Crippen molar-refractivity contribution in [1.29, 1.82) is 0 Å². The average molecular weight is 460 g/mol. The number of nitrogens with zero attached hydrogens (tertiary/aromatic N) is 7. The first-order valence-corrected chi connectivity index (χ1v) is 11.9. The molecule has 0 amide bonds. The Kier molecular flexibility index (Phi) is 5.29. The van der Waals surface area contributed by atoms with Crippen LogP contribution < -0.4 is 25.3 Å². The molecule has 10 nitrogen and oxygen atoms in total. The summed E-state index contributed by atoms with van der Waals surface area (Å²) in [6.45, 7) is 8.41. The summed E-state index contributed by atoms with van der Waals surface area (Å²) in [6.07, 6.45) is 3.91. The highest BCUT2D eigenvalue weighted by atomic mass is 16.3. The van der Waals surface area contributed by atoms with Crippen LogP contribution in [-0.4, -0.2) is 83.2 Å². The van der Waals surface area contributed by atoms with Crippen LogP contribution in [0.15, 0.2) is 42.7 Å². The maximum absolute atomic E-state index is 10.3. The Balaban J connectivity index is 1.18. The normalized spacial score (nSPS) is 22.1. The number of piperazine rings is 2. The molecule has 10 heteroatoms. The van der Waals surface area contributed by atoms with Gasteiger partial charge >= 0.3 is 0 Å². The van der Waals surface area contributed by atoms with Gasteiger partial charge < -0.3 is 30.4 Å². The van der Waals surface area contributed by atoms with E-state index in [1.165, 1.54) is 0 Å². The first kappa shape index (κ1) is 20.9. The van der Waals surface area contributed by atoms with Crippen LogP contribution in [0.3, 0.4) is 0 Å². The summed E-state index contributed by atoms with van der Waals surface area (Å²) < 4.78 is 0. The fourth-order valence-electron chi connectivity index (χ4n) is 5.10. The first-order valence-electron chi connectivity index (χ1n) is 11.9. The van der Waals surface area contributed by atoms with E-state index in [0.29, 0.717) is 17.3 Å². The van der Waals surface area contributed by atoms with Gasteiger partial charge in [-0.25, -0.2) is 9.97 Å². The number of benzene rings is 1. The molecule has 0 radical (unpaired) electrons. The quantitative estimate of drug-likeness (QED) is 0.534. The lowest BCUT2D eigenvalue weighted by atomic mass is 10.1. The van der Waals surface area contributed by atoms with Gasteiger partial charge in [0.1, 0.15) is 5.75 Å². The average Bonchev–Trinajstić information content (AvgIpc) is 2.88. The highest BCUT2D eigenvalue weighted by Crippen LogP contribution is 2.36. The zero-order valence-corrected chi connectivity index (χ0v) is 19.2. The Morgan fingerprint density at radius 3 is 2.68 bits per heavy atom.